The number of hydrogen-bond acceptors (Lipinski definition) is 4. The van der Waals surface area contributed by atoms with E-state index in [1.54, 1.807) is 30.1 Å². The predicted octanol–water partition coefficient (Wildman–Crippen LogP) is 1.55. The van der Waals surface area contributed by atoms with E-state index in [0.29, 0.717) is 4.47 Å². The van der Waals surface area contributed by atoms with Crippen LogP contribution in [0.3, 0.4) is 0 Å². The number of sulfonamides is 1. The fourth-order valence-electron chi connectivity index (χ4n) is 1.71. The molecule has 2 aromatic rings. The van der Waals surface area contributed by atoms with Gasteiger partial charge in [0.25, 0.3) is 0 Å². The molecule has 0 bridgehead atoms. The van der Waals surface area contributed by atoms with Gasteiger partial charge in [0.2, 0.25) is 10.0 Å². The molecule has 2 rings (SSSR count). The minimum absolute atomic E-state index is 0.0634. The molecule has 0 radical (unpaired) electrons. The Morgan fingerprint density at radius 1 is 1.45 bits per heavy atom. The van der Waals surface area contributed by atoms with Gasteiger partial charge in [0.1, 0.15) is 4.90 Å². The number of nitrogens with zero attached hydrogens (tertiary/aromatic N) is 2. The third-order valence-electron chi connectivity index (χ3n) is 3.05. The number of aryl methyl sites for hydroxylation is 1. The van der Waals surface area contributed by atoms with E-state index < -0.39 is 10.0 Å². The number of nitrogen functional groups attached to an aromatic ring is 1. The van der Waals surface area contributed by atoms with Crippen LogP contribution >= 0.6 is 15.9 Å². The first-order valence-electron chi connectivity index (χ1n) is 5.83. The standard InChI is InChI=1S/C12H15BrN4O2S/c1-8-9(6-15-17(8)2)7-16-20(18,19)12-5-10(13)3-4-11(12)14/h3-6,16H,7,14H2,1-2H3. The van der Waals surface area contributed by atoms with Gasteiger partial charge in [0, 0.05) is 29.3 Å². The number of nitrogens with two attached hydrogens (primary N) is 1. The van der Waals surface area contributed by atoms with E-state index in [9.17, 15) is 8.42 Å². The van der Waals surface area contributed by atoms with Crippen LogP contribution in [-0.4, -0.2) is 18.2 Å². The zero-order chi connectivity index (χ0) is 14.9. The number of halogens is 1. The van der Waals surface area contributed by atoms with E-state index in [4.69, 9.17) is 5.73 Å². The Morgan fingerprint density at radius 3 is 2.75 bits per heavy atom. The molecule has 3 N–H and O–H groups in total. The van der Waals surface area contributed by atoms with Crippen molar-refractivity contribution in [3.05, 3.63) is 40.1 Å². The van der Waals surface area contributed by atoms with E-state index >= 15 is 0 Å². The number of anilines is 1. The topological polar surface area (TPSA) is 90.0 Å². The maximum atomic E-state index is 12.3. The lowest BCUT2D eigenvalue weighted by Gasteiger charge is -2.09. The van der Waals surface area contributed by atoms with Crippen molar-refractivity contribution in [1.82, 2.24) is 14.5 Å². The van der Waals surface area contributed by atoms with Crippen LogP contribution in [0.4, 0.5) is 5.69 Å². The van der Waals surface area contributed by atoms with Crippen LogP contribution in [-0.2, 0) is 23.6 Å². The Labute approximate surface area is 126 Å². The Morgan fingerprint density at radius 2 is 2.15 bits per heavy atom. The van der Waals surface area contributed by atoms with Crippen molar-refractivity contribution in [2.75, 3.05) is 5.73 Å². The van der Waals surface area contributed by atoms with Gasteiger partial charge in [-0.2, -0.15) is 5.10 Å². The summed E-state index contributed by atoms with van der Waals surface area (Å²) in [5, 5.41) is 4.07. The second-order valence-electron chi connectivity index (χ2n) is 4.39. The highest BCUT2D eigenvalue weighted by molar-refractivity contribution is 9.10. The van der Waals surface area contributed by atoms with Crippen LogP contribution in [0.2, 0.25) is 0 Å². The normalized spacial score (nSPS) is 11.8. The summed E-state index contributed by atoms with van der Waals surface area (Å²) in [6.45, 7) is 2.05. The summed E-state index contributed by atoms with van der Waals surface area (Å²) in [5.41, 5.74) is 7.67. The van der Waals surface area contributed by atoms with Crippen LogP contribution in [0, 0.1) is 6.92 Å². The maximum absolute atomic E-state index is 12.3. The molecule has 6 nitrogen and oxygen atoms in total. The predicted molar refractivity (Wildman–Crippen MR) is 80.5 cm³/mol. The van der Waals surface area contributed by atoms with Gasteiger partial charge in [-0.05, 0) is 25.1 Å². The molecular weight excluding hydrogens is 344 g/mol. The van der Waals surface area contributed by atoms with E-state index in [1.165, 1.54) is 6.07 Å². The van der Waals surface area contributed by atoms with Gasteiger partial charge in [-0.3, -0.25) is 4.68 Å². The molecule has 1 heterocycles. The minimum Gasteiger partial charge on any atom is -0.398 e. The molecule has 0 saturated carbocycles. The summed E-state index contributed by atoms with van der Waals surface area (Å²) in [6, 6.07) is 4.72. The molecule has 0 fully saturated rings. The summed E-state index contributed by atoms with van der Waals surface area (Å²) < 4.78 is 29.4. The summed E-state index contributed by atoms with van der Waals surface area (Å²) in [7, 11) is -1.86. The maximum Gasteiger partial charge on any atom is 0.242 e. The molecule has 8 heteroatoms. The molecular formula is C12H15BrN4O2S. The third-order valence-corrected chi connectivity index (χ3v) is 5.00. The zero-order valence-corrected chi connectivity index (χ0v) is 13.5. The first-order chi connectivity index (χ1) is 9.31. The van der Waals surface area contributed by atoms with Crippen molar-refractivity contribution in [3.8, 4) is 0 Å². The van der Waals surface area contributed by atoms with Crippen LogP contribution in [0.15, 0.2) is 33.8 Å². The quantitative estimate of drug-likeness (QED) is 0.811. The van der Waals surface area contributed by atoms with E-state index in [0.717, 1.165) is 11.3 Å². The molecule has 0 aliphatic carbocycles. The van der Waals surface area contributed by atoms with E-state index in [-0.39, 0.29) is 17.1 Å². The largest absolute Gasteiger partial charge is 0.398 e. The second-order valence-corrected chi connectivity index (χ2v) is 7.04. The molecule has 0 unspecified atom stereocenters. The van der Waals surface area contributed by atoms with Crippen molar-refractivity contribution in [1.29, 1.82) is 0 Å². The lowest BCUT2D eigenvalue weighted by Crippen LogP contribution is -2.24. The van der Waals surface area contributed by atoms with Crippen molar-refractivity contribution >= 4 is 31.6 Å². The monoisotopic (exact) mass is 358 g/mol. The molecule has 108 valence electrons. The zero-order valence-electron chi connectivity index (χ0n) is 11.1. The van der Waals surface area contributed by atoms with Crippen molar-refractivity contribution in [2.45, 2.75) is 18.4 Å². The summed E-state index contributed by atoms with van der Waals surface area (Å²) >= 11 is 3.24. The first kappa shape index (κ1) is 15.0. The van der Waals surface area contributed by atoms with E-state index in [1.807, 2.05) is 6.92 Å². The first-order valence-corrected chi connectivity index (χ1v) is 8.11. The van der Waals surface area contributed by atoms with Gasteiger partial charge in [0.15, 0.2) is 0 Å². The smallest absolute Gasteiger partial charge is 0.242 e. The van der Waals surface area contributed by atoms with Gasteiger partial charge in [0.05, 0.1) is 11.9 Å². The van der Waals surface area contributed by atoms with Gasteiger partial charge >= 0.3 is 0 Å². The molecule has 0 aliphatic rings. The molecule has 0 amide bonds. The van der Waals surface area contributed by atoms with Gasteiger partial charge in [-0.25, -0.2) is 13.1 Å². The fourth-order valence-corrected chi connectivity index (χ4v) is 3.38. The molecule has 0 saturated heterocycles. The van der Waals surface area contributed by atoms with Gasteiger partial charge in [-0.1, -0.05) is 15.9 Å². The van der Waals surface area contributed by atoms with Crippen LogP contribution < -0.4 is 10.5 Å². The fraction of sp³-hybridized carbons (Fsp3) is 0.250. The highest BCUT2D eigenvalue weighted by Gasteiger charge is 2.18. The molecule has 0 spiro atoms. The lowest BCUT2D eigenvalue weighted by atomic mass is 10.3. The second kappa shape index (κ2) is 5.55. The summed E-state index contributed by atoms with van der Waals surface area (Å²) in [4.78, 5) is 0.0634. The average Bonchev–Trinajstić information content (AvgIpc) is 2.70. The number of rotatable bonds is 4. The van der Waals surface area contributed by atoms with Crippen molar-refractivity contribution < 1.29 is 8.42 Å². The summed E-state index contributed by atoms with van der Waals surface area (Å²) in [5.74, 6) is 0. The number of nitrogens with one attached hydrogen (secondary N) is 1. The Hall–Kier alpha value is -1.38. The van der Waals surface area contributed by atoms with Crippen molar-refractivity contribution in [2.24, 2.45) is 7.05 Å². The Balaban J connectivity index is 2.24. The highest BCUT2D eigenvalue weighted by Crippen LogP contribution is 2.23. The minimum atomic E-state index is -3.66. The van der Waals surface area contributed by atoms with Gasteiger partial charge < -0.3 is 5.73 Å². The average molecular weight is 359 g/mol. The Bertz CT molecular complexity index is 740. The number of aromatic nitrogens is 2. The highest BCUT2D eigenvalue weighted by atomic mass is 79.9. The third kappa shape index (κ3) is 3.02. The molecule has 1 aromatic heterocycles. The number of benzene rings is 1. The SMILES string of the molecule is Cc1c(CNS(=O)(=O)c2cc(Br)ccc2N)cnn1C. The van der Waals surface area contributed by atoms with E-state index in [2.05, 4.69) is 25.8 Å². The molecule has 0 atom stereocenters. The van der Waals surface area contributed by atoms with Gasteiger partial charge in [-0.15, -0.1) is 0 Å². The molecule has 20 heavy (non-hydrogen) atoms. The summed E-state index contributed by atoms with van der Waals surface area (Å²) in [6.07, 6.45) is 1.64. The van der Waals surface area contributed by atoms with Crippen LogP contribution in [0.25, 0.3) is 0 Å². The lowest BCUT2D eigenvalue weighted by molar-refractivity contribution is 0.581. The Kier molecular flexibility index (Phi) is 4.17. The van der Waals surface area contributed by atoms with Crippen LogP contribution in [0.5, 0.6) is 0 Å². The van der Waals surface area contributed by atoms with Crippen LogP contribution in [0.1, 0.15) is 11.3 Å². The molecule has 1 aromatic carbocycles. The number of hydrogen-bond donors (Lipinski definition) is 2. The van der Waals surface area contributed by atoms with Crippen molar-refractivity contribution in [3.63, 3.8) is 0 Å². The molecule has 0 aliphatic heterocycles.